The van der Waals surface area contributed by atoms with Crippen molar-refractivity contribution in [2.45, 2.75) is 6.92 Å². The van der Waals surface area contributed by atoms with Crippen molar-refractivity contribution in [1.82, 2.24) is 9.97 Å². The molecule has 0 saturated carbocycles. The summed E-state index contributed by atoms with van der Waals surface area (Å²) in [4.78, 5) is 10.3. The summed E-state index contributed by atoms with van der Waals surface area (Å²) in [7, 11) is 1.66. The minimum Gasteiger partial charge on any atom is -0.496 e. The molecule has 0 amide bonds. The van der Waals surface area contributed by atoms with Crippen molar-refractivity contribution in [3.8, 4) is 16.5 Å². The maximum atomic E-state index is 5.22. The molecule has 2 heterocycles. The van der Waals surface area contributed by atoms with E-state index < -0.39 is 0 Å². The highest BCUT2D eigenvalue weighted by Crippen LogP contribution is 2.31. The van der Waals surface area contributed by atoms with E-state index in [1.807, 2.05) is 35.7 Å². The molecule has 0 aliphatic rings. The normalized spacial score (nSPS) is 10.7. The number of nitrogens with zero attached hydrogens (tertiary/aromatic N) is 2. The molecule has 0 atom stereocenters. The highest BCUT2D eigenvalue weighted by Gasteiger charge is 2.10. The smallest absolute Gasteiger partial charge is 0.172 e. The first-order valence-electron chi connectivity index (χ1n) is 6.45. The number of hydrogen-bond acceptors (Lipinski definition) is 5. The highest BCUT2D eigenvalue weighted by atomic mass is 32.1. The molecular weight excluding hydrogens is 270 g/mol. The Balaban J connectivity index is 2.15. The Morgan fingerprint density at radius 2 is 2.10 bits per heavy atom. The average molecular weight is 285 g/mol. The number of fused-ring (bicyclic) bond motifs is 1. The number of benzene rings is 1. The zero-order valence-electron chi connectivity index (χ0n) is 11.4. The summed E-state index contributed by atoms with van der Waals surface area (Å²) in [6.07, 6.45) is 0. The van der Waals surface area contributed by atoms with Crippen LogP contribution in [0.1, 0.15) is 6.92 Å². The Labute approximate surface area is 121 Å². The molecule has 3 rings (SSSR count). The lowest BCUT2D eigenvalue weighted by Crippen LogP contribution is -2.02. The lowest BCUT2D eigenvalue weighted by molar-refractivity contribution is 0.417. The van der Waals surface area contributed by atoms with Crippen LogP contribution < -0.4 is 10.1 Å². The van der Waals surface area contributed by atoms with E-state index in [0.29, 0.717) is 0 Å². The Morgan fingerprint density at radius 3 is 2.85 bits per heavy atom. The number of nitrogens with one attached hydrogen (secondary N) is 1. The average Bonchev–Trinajstić information content (AvgIpc) is 2.96. The number of para-hydroxylation sites is 1. The molecule has 0 spiro atoms. The summed E-state index contributed by atoms with van der Waals surface area (Å²) in [6, 6.07) is 9.99. The Hall–Kier alpha value is -2.14. The zero-order valence-corrected chi connectivity index (χ0v) is 12.2. The first-order chi connectivity index (χ1) is 9.81. The van der Waals surface area contributed by atoms with Gasteiger partial charge in [-0.1, -0.05) is 12.1 Å². The van der Waals surface area contributed by atoms with Crippen molar-refractivity contribution in [2.24, 2.45) is 0 Å². The summed E-state index contributed by atoms with van der Waals surface area (Å²) >= 11 is 1.58. The zero-order chi connectivity index (χ0) is 13.9. The van der Waals surface area contributed by atoms with Gasteiger partial charge in [-0.2, -0.15) is 0 Å². The third-order valence-electron chi connectivity index (χ3n) is 2.98. The van der Waals surface area contributed by atoms with Gasteiger partial charge in [0.2, 0.25) is 0 Å². The summed E-state index contributed by atoms with van der Waals surface area (Å²) in [6.45, 7) is 2.89. The Bertz CT molecular complexity index is 739. The van der Waals surface area contributed by atoms with Crippen molar-refractivity contribution in [1.29, 1.82) is 0 Å². The maximum absolute atomic E-state index is 5.22. The molecule has 0 fully saturated rings. The predicted molar refractivity (Wildman–Crippen MR) is 83.6 cm³/mol. The van der Waals surface area contributed by atoms with E-state index in [4.69, 9.17) is 4.74 Å². The molecule has 1 aromatic carbocycles. The Kier molecular flexibility index (Phi) is 3.52. The van der Waals surface area contributed by atoms with Crippen LogP contribution in [-0.2, 0) is 0 Å². The van der Waals surface area contributed by atoms with Crippen molar-refractivity contribution >= 4 is 28.1 Å². The lowest BCUT2D eigenvalue weighted by atomic mass is 10.2. The van der Waals surface area contributed by atoms with Gasteiger partial charge >= 0.3 is 0 Å². The van der Waals surface area contributed by atoms with E-state index in [1.165, 1.54) is 0 Å². The van der Waals surface area contributed by atoms with Crippen LogP contribution in [0.3, 0.4) is 0 Å². The summed E-state index contributed by atoms with van der Waals surface area (Å²) < 4.78 is 5.22. The fraction of sp³-hybridized carbons (Fsp3) is 0.200. The number of anilines is 1. The van der Waals surface area contributed by atoms with Gasteiger partial charge in [-0.05, 0) is 19.1 Å². The van der Waals surface area contributed by atoms with Gasteiger partial charge in [0.1, 0.15) is 11.6 Å². The Morgan fingerprint density at radius 1 is 1.25 bits per heavy atom. The number of aromatic nitrogens is 2. The number of ether oxygens (including phenoxy) is 1. The van der Waals surface area contributed by atoms with Gasteiger partial charge in [-0.25, -0.2) is 9.97 Å². The quantitative estimate of drug-likeness (QED) is 0.792. The number of methoxy groups -OCH3 is 1. The van der Waals surface area contributed by atoms with Gasteiger partial charge in [-0.3, -0.25) is 0 Å². The van der Waals surface area contributed by atoms with Crippen molar-refractivity contribution in [3.63, 3.8) is 0 Å². The predicted octanol–water partition coefficient (Wildman–Crippen LogP) is 3.80. The summed E-state index contributed by atoms with van der Waals surface area (Å²) in [5.41, 5.74) is 0.945. The van der Waals surface area contributed by atoms with Gasteiger partial charge in [0, 0.05) is 23.4 Å². The molecule has 0 aliphatic heterocycles. The SMILES string of the molecule is CCNc1nc(-c2cc(OC)cs2)nc2ccccc12. The molecule has 0 unspecified atom stereocenters. The first-order valence-corrected chi connectivity index (χ1v) is 7.33. The summed E-state index contributed by atoms with van der Waals surface area (Å²) in [5, 5.41) is 6.31. The van der Waals surface area contributed by atoms with Crippen molar-refractivity contribution < 1.29 is 4.74 Å². The van der Waals surface area contributed by atoms with Crippen LogP contribution in [0.5, 0.6) is 5.75 Å². The fourth-order valence-corrected chi connectivity index (χ4v) is 2.82. The number of hydrogen-bond donors (Lipinski definition) is 1. The second-order valence-corrected chi connectivity index (χ2v) is 5.21. The van der Waals surface area contributed by atoms with Crippen LogP contribution in [0.15, 0.2) is 35.7 Å². The topological polar surface area (TPSA) is 47.0 Å². The first kappa shape index (κ1) is 12.9. The largest absolute Gasteiger partial charge is 0.496 e. The van der Waals surface area contributed by atoms with Crippen molar-refractivity contribution in [2.75, 3.05) is 19.0 Å². The van der Waals surface area contributed by atoms with E-state index >= 15 is 0 Å². The van der Waals surface area contributed by atoms with Gasteiger partial charge in [0.25, 0.3) is 0 Å². The minimum absolute atomic E-state index is 0.730. The molecular formula is C15H15N3OS. The van der Waals surface area contributed by atoms with Crippen LogP contribution in [0.4, 0.5) is 5.82 Å². The van der Waals surface area contributed by atoms with Gasteiger partial charge in [-0.15, -0.1) is 11.3 Å². The third kappa shape index (κ3) is 2.32. The molecule has 0 bridgehead atoms. The van der Waals surface area contributed by atoms with Crippen LogP contribution >= 0.6 is 11.3 Å². The van der Waals surface area contributed by atoms with Gasteiger partial charge in [0.15, 0.2) is 5.82 Å². The van der Waals surface area contributed by atoms with Gasteiger partial charge < -0.3 is 10.1 Å². The molecule has 4 nitrogen and oxygen atoms in total. The van der Waals surface area contributed by atoms with E-state index in [9.17, 15) is 0 Å². The molecule has 1 N–H and O–H groups in total. The molecule has 0 saturated heterocycles. The second-order valence-electron chi connectivity index (χ2n) is 4.29. The lowest BCUT2D eigenvalue weighted by Gasteiger charge is -2.08. The van der Waals surface area contributed by atoms with Crippen LogP contribution in [0.2, 0.25) is 0 Å². The number of thiophene rings is 1. The van der Waals surface area contributed by atoms with Crippen LogP contribution in [0.25, 0.3) is 21.6 Å². The molecule has 2 aromatic heterocycles. The van der Waals surface area contributed by atoms with E-state index in [1.54, 1.807) is 18.4 Å². The molecule has 5 heteroatoms. The molecule has 20 heavy (non-hydrogen) atoms. The molecule has 3 aromatic rings. The third-order valence-corrected chi connectivity index (χ3v) is 3.88. The van der Waals surface area contributed by atoms with Crippen LogP contribution in [0, 0.1) is 0 Å². The maximum Gasteiger partial charge on any atom is 0.172 e. The molecule has 0 radical (unpaired) electrons. The van der Waals surface area contributed by atoms with E-state index in [2.05, 4.69) is 22.2 Å². The van der Waals surface area contributed by atoms with Crippen molar-refractivity contribution in [3.05, 3.63) is 35.7 Å². The monoisotopic (exact) mass is 285 g/mol. The molecule has 102 valence electrons. The van der Waals surface area contributed by atoms with E-state index in [0.717, 1.165) is 39.7 Å². The minimum atomic E-state index is 0.730. The summed E-state index contributed by atoms with van der Waals surface area (Å²) in [5.74, 6) is 2.44. The van der Waals surface area contributed by atoms with Crippen LogP contribution in [-0.4, -0.2) is 23.6 Å². The highest BCUT2D eigenvalue weighted by molar-refractivity contribution is 7.13. The fourth-order valence-electron chi connectivity index (χ4n) is 2.03. The number of rotatable bonds is 4. The standard InChI is InChI=1S/C15H15N3OS/c1-3-16-14-11-6-4-5-7-12(11)17-15(18-14)13-8-10(19-2)9-20-13/h4-9H,3H2,1-2H3,(H,16,17,18). The van der Waals surface area contributed by atoms with E-state index in [-0.39, 0.29) is 0 Å². The second kappa shape index (κ2) is 5.46. The van der Waals surface area contributed by atoms with Gasteiger partial charge in [0.05, 0.1) is 17.5 Å². The molecule has 0 aliphatic carbocycles.